The number of likely N-dealkylation sites (tertiary alicyclic amines) is 1. The Hall–Kier alpha value is -1.57. The van der Waals surface area contributed by atoms with Gasteiger partial charge in [-0.2, -0.15) is 13.2 Å². The lowest BCUT2D eigenvalue weighted by Gasteiger charge is -2.16. The largest absolute Gasteiger partial charge is 0.451 e. The minimum Gasteiger partial charge on any atom is -0.361 e. The molecule has 1 aliphatic rings. The van der Waals surface area contributed by atoms with E-state index in [2.05, 4.69) is 15.3 Å². The first-order chi connectivity index (χ1) is 9.36. The first kappa shape index (κ1) is 14.8. The average Bonchev–Trinajstić information content (AvgIpc) is 2.88. The standard InChI is InChI=1S/C11H12ClF3N4O/c12-7-5-8(18-10(17-7)11(13,14)15)16-6-9(20)19-3-1-2-4-19/h5H,1-4,6H2,(H,16,17,18). The van der Waals surface area contributed by atoms with Crippen LogP contribution in [0.25, 0.3) is 0 Å². The number of anilines is 1. The Bertz CT molecular complexity index is 503. The molecule has 2 heterocycles. The van der Waals surface area contributed by atoms with E-state index in [1.807, 2.05) is 0 Å². The number of amides is 1. The zero-order valence-corrected chi connectivity index (χ0v) is 11.1. The fraction of sp³-hybridized carbons (Fsp3) is 0.545. The fourth-order valence-corrected chi connectivity index (χ4v) is 2.06. The van der Waals surface area contributed by atoms with E-state index in [9.17, 15) is 18.0 Å². The Morgan fingerprint density at radius 2 is 2.00 bits per heavy atom. The van der Waals surface area contributed by atoms with E-state index in [4.69, 9.17) is 11.6 Å². The van der Waals surface area contributed by atoms with Crippen molar-refractivity contribution in [2.45, 2.75) is 19.0 Å². The van der Waals surface area contributed by atoms with Gasteiger partial charge in [-0.05, 0) is 12.8 Å². The maximum atomic E-state index is 12.5. The molecule has 1 aromatic heterocycles. The van der Waals surface area contributed by atoms with Crippen molar-refractivity contribution in [3.63, 3.8) is 0 Å². The van der Waals surface area contributed by atoms with Gasteiger partial charge in [0.25, 0.3) is 0 Å². The fourth-order valence-electron chi connectivity index (χ4n) is 1.88. The van der Waals surface area contributed by atoms with E-state index in [1.165, 1.54) is 0 Å². The van der Waals surface area contributed by atoms with E-state index in [0.717, 1.165) is 18.9 Å². The molecule has 5 nitrogen and oxygen atoms in total. The van der Waals surface area contributed by atoms with Gasteiger partial charge >= 0.3 is 6.18 Å². The molecule has 1 aromatic rings. The first-order valence-corrected chi connectivity index (χ1v) is 6.37. The number of nitrogens with zero attached hydrogens (tertiary/aromatic N) is 3. The highest BCUT2D eigenvalue weighted by Crippen LogP contribution is 2.28. The van der Waals surface area contributed by atoms with Crippen LogP contribution in [-0.4, -0.2) is 40.4 Å². The van der Waals surface area contributed by atoms with Gasteiger partial charge in [-0.25, -0.2) is 9.97 Å². The van der Waals surface area contributed by atoms with Gasteiger partial charge in [0.2, 0.25) is 11.7 Å². The molecule has 110 valence electrons. The quantitative estimate of drug-likeness (QED) is 0.870. The predicted molar refractivity (Wildman–Crippen MR) is 66.3 cm³/mol. The number of carbonyl (C=O) groups excluding carboxylic acids is 1. The monoisotopic (exact) mass is 308 g/mol. The Labute approximate surface area is 118 Å². The average molecular weight is 309 g/mol. The molecule has 0 aliphatic carbocycles. The number of aromatic nitrogens is 2. The third kappa shape index (κ3) is 3.72. The van der Waals surface area contributed by atoms with Crippen LogP contribution in [0, 0.1) is 0 Å². The SMILES string of the molecule is O=C(CNc1cc(Cl)nc(C(F)(F)F)n1)N1CCCC1. The zero-order chi connectivity index (χ0) is 14.8. The third-order valence-electron chi connectivity index (χ3n) is 2.83. The van der Waals surface area contributed by atoms with E-state index >= 15 is 0 Å². The summed E-state index contributed by atoms with van der Waals surface area (Å²) in [7, 11) is 0. The lowest BCUT2D eigenvalue weighted by atomic mass is 10.4. The van der Waals surface area contributed by atoms with E-state index < -0.39 is 12.0 Å². The van der Waals surface area contributed by atoms with Crippen molar-refractivity contribution >= 4 is 23.3 Å². The van der Waals surface area contributed by atoms with Crippen molar-refractivity contribution in [2.75, 3.05) is 25.0 Å². The second kappa shape index (κ2) is 5.82. The van der Waals surface area contributed by atoms with Crippen LogP contribution in [0.4, 0.5) is 19.0 Å². The maximum absolute atomic E-state index is 12.5. The summed E-state index contributed by atoms with van der Waals surface area (Å²) in [4.78, 5) is 19.8. The maximum Gasteiger partial charge on any atom is 0.451 e. The molecule has 20 heavy (non-hydrogen) atoms. The third-order valence-corrected chi connectivity index (χ3v) is 3.02. The van der Waals surface area contributed by atoms with Crippen LogP contribution in [0.5, 0.6) is 0 Å². The highest BCUT2D eigenvalue weighted by Gasteiger charge is 2.35. The molecule has 0 spiro atoms. The number of carbonyl (C=O) groups is 1. The molecule has 0 saturated carbocycles. The molecule has 1 aliphatic heterocycles. The number of hydrogen-bond acceptors (Lipinski definition) is 4. The molecule has 0 radical (unpaired) electrons. The Morgan fingerprint density at radius 3 is 2.60 bits per heavy atom. The summed E-state index contributed by atoms with van der Waals surface area (Å²) in [5.41, 5.74) is 0. The van der Waals surface area contributed by atoms with E-state index in [1.54, 1.807) is 4.90 Å². The molecule has 0 bridgehead atoms. The number of alkyl halides is 3. The smallest absolute Gasteiger partial charge is 0.361 e. The minimum atomic E-state index is -4.68. The highest BCUT2D eigenvalue weighted by atomic mass is 35.5. The Morgan fingerprint density at radius 1 is 1.35 bits per heavy atom. The summed E-state index contributed by atoms with van der Waals surface area (Å²) in [6, 6.07) is 1.15. The number of rotatable bonds is 3. The summed E-state index contributed by atoms with van der Waals surface area (Å²) < 4.78 is 37.5. The zero-order valence-electron chi connectivity index (χ0n) is 10.4. The van der Waals surface area contributed by atoms with Gasteiger partial charge in [-0.1, -0.05) is 11.6 Å². The second-order valence-corrected chi connectivity index (χ2v) is 4.73. The lowest BCUT2D eigenvalue weighted by Crippen LogP contribution is -2.33. The lowest BCUT2D eigenvalue weighted by molar-refractivity contribution is -0.144. The Balaban J connectivity index is 2.02. The summed E-state index contributed by atoms with van der Waals surface area (Å²) in [6.07, 6.45) is -2.78. The summed E-state index contributed by atoms with van der Waals surface area (Å²) in [5.74, 6) is -1.63. The number of halogens is 4. The van der Waals surface area contributed by atoms with Crippen LogP contribution in [0.1, 0.15) is 18.7 Å². The summed E-state index contributed by atoms with van der Waals surface area (Å²) in [6.45, 7) is 1.24. The molecule has 0 atom stereocenters. The summed E-state index contributed by atoms with van der Waals surface area (Å²) in [5, 5.41) is 2.22. The van der Waals surface area contributed by atoms with Crippen LogP contribution >= 0.6 is 11.6 Å². The van der Waals surface area contributed by atoms with Crippen molar-refractivity contribution in [3.05, 3.63) is 17.0 Å². The van der Waals surface area contributed by atoms with Crippen LogP contribution < -0.4 is 5.32 Å². The van der Waals surface area contributed by atoms with Crippen molar-refractivity contribution in [2.24, 2.45) is 0 Å². The molecule has 1 fully saturated rings. The Kier molecular flexibility index (Phi) is 4.32. The first-order valence-electron chi connectivity index (χ1n) is 5.99. The van der Waals surface area contributed by atoms with Crippen molar-refractivity contribution in [1.82, 2.24) is 14.9 Å². The van der Waals surface area contributed by atoms with E-state index in [-0.39, 0.29) is 23.4 Å². The molecule has 0 aromatic carbocycles. The summed E-state index contributed by atoms with van der Waals surface area (Å²) >= 11 is 5.51. The number of hydrogen-bond donors (Lipinski definition) is 1. The van der Waals surface area contributed by atoms with Crippen molar-refractivity contribution in [1.29, 1.82) is 0 Å². The molecular weight excluding hydrogens is 297 g/mol. The van der Waals surface area contributed by atoms with Gasteiger partial charge in [-0.15, -0.1) is 0 Å². The molecular formula is C11H12ClF3N4O. The topological polar surface area (TPSA) is 58.1 Å². The van der Waals surface area contributed by atoms with Crippen LogP contribution in [0.15, 0.2) is 6.07 Å². The van der Waals surface area contributed by atoms with Crippen molar-refractivity contribution in [3.8, 4) is 0 Å². The van der Waals surface area contributed by atoms with Gasteiger partial charge < -0.3 is 10.2 Å². The van der Waals surface area contributed by atoms with Crippen LogP contribution in [0.3, 0.4) is 0 Å². The normalized spacial score (nSPS) is 15.5. The molecule has 1 amide bonds. The molecule has 0 unspecified atom stereocenters. The number of nitrogens with one attached hydrogen (secondary N) is 1. The molecule has 9 heteroatoms. The minimum absolute atomic E-state index is 0.120. The van der Waals surface area contributed by atoms with Crippen molar-refractivity contribution < 1.29 is 18.0 Å². The second-order valence-electron chi connectivity index (χ2n) is 4.34. The molecule has 2 rings (SSSR count). The van der Waals surface area contributed by atoms with Gasteiger partial charge in [-0.3, -0.25) is 4.79 Å². The van der Waals surface area contributed by atoms with Crippen LogP contribution in [-0.2, 0) is 11.0 Å². The predicted octanol–water partition coefficient (Wildman–Crippen LogP) is 2.18. The van der Waals surface area contributed by atoms with Crippen LogP contribution in [0.2, 0.25) is 5.15 Å². The highest BCUT2D eigenvalue weighted by molar-refractivity contribution is 6.29. The molecule has 1 N–H and O–H groups in total. The van der Waals surface area contributed by atoms with Gasteiger partial charge in [0.15, 0.2) is 0 Å². The van der Waals surface area contributed by atoms with Gasteiger partial charge in [0.1, 0.15) is 11.0 Å². The molecule has 1 saturated heterocycles. The van der Waals surface area contributed by atoms with Gasteiger partial charge in [0.05, 0.1) is 6.54 Å². The van der Waals surface area contributed by atoms with E-state index in [0.29, 0.717) is 13.1 Å². The van der Waals surface area contributed by atoms with Gasteiger partial charge in [0, 0.05) is 19.2 Å².